The van der Waals surface area contributed by atoms with Gasteiger partial charge >= 0.3 is 5.97 Å². The van der Waals surface area contributed by atoms with Crippen LogP contribution in [0.15, 0.2) is 59.1 Å². The second kappa shape index (κ2) is 11.7. The summed E-state index contributed by atoms with van der Waals surface area (Å²) in [7, 11) is 1.96. The summed E-state index contributed by atoms with van der Waals surface area (Å²) < 4.78 is 12.0. The van der Waals surface area contributed by atoms with Gasteiger partial charge in [-0.1, -0.05) is 72.0 Å². The van der Waals surface area contributed by atoms with E-state index in [0.717, 1.165) is 22.4 Å². The number of anilines is 1. The van der Waals surface area contributed by atoms with E-state index in [1.54, 1.807) is 30.3 Å². The van der Waals surface area contributed by atoms with Crippen molar-refractivity contribution in [1.82, 2.24) is 5.16 Å². The minimum Gasteiger partial charge on any atom is -0.488 e. The Kier molecular flexibility index (Phi) is 8.56. The van der Waals surface area contributed by atoms with Gasteiger partial charge in [-0.05, 0) is 48.9 Å². The highest BCUT2D eigenvalue weighted by molar-refractivity contribution is 6.41. The van der Waals surface area contributed by atoms with Crippen molar-refractivity contribution < 1.29 is 19.2 Å². The molecule has 4 aromatic rings. The minimum absolute atomic E-state index is 0.0554. The number of aromatic nitrogens is 1. The zero-order chi connectivity index (χ0) is 27.6. The van der Waals surface area contributed by atoms with E-state index in [2.05, 4.69) is 10.1 Å². The van der Waals surface area contributed by atoms with E-state index in [9.17, 15) is 9.90 Å². The Morgan fingerprint density at radius 1 is 1.08 bits per heavy atom. The van der Waals surface area contributed by atoms with Crippen LogP contribution in [0.4, 0.5) is 5.69 Å². The molecule has 3 aromatic carbocycles. The maximum Gasteiger partial charge on any atom is 0.335 e. The second-order valence-electron chi connectivity index (χ2n) is 9.32. The standard InChI is InChI=1S/C29H27Cl3N2O4/c1-16(2)28-21(27(33-38-28)26-22(31)12-20(30)13-23(26)32)15-37-25-10-6-9-24(17(25)3)34(4)14-18-7-5-8-19(11-18)29(35)36/h5-13,16H,14-15H2,1-4H3,(H,35,36). The van der Waals surface area contributed by atoms with Crippen LogP contribution >= 0.6 is 34.8 Å². The predicted octanol–water partition coefficient (Wildman–Crippen LogP) is 8.65. The molecule has 38 heavy (non-hydrogen) atoms. The van der Waals surface area contributed by atoms with E-state index in [1.165, 1.54) is 0 Å². The maximum atomic E-state index is 11.3. The molecular formula is C29H27Cl3N2O4. The Hall–Kier alpha value is -3.19. The van der Waals surface area contributed by atoms with Crippen LogP contribution in [0, 0.1) is 6.92 Å². The van der Waals surface area contributed by atoms with Crippen molar-refractivity contribution in [2.75, 3.05) is 11.9 Å². The fourth-order valence-electron chi connectivity index (χ4n) is 4.36. The van der Waals surface area contributed by atoms with Gasteiger partial charge in [0, 0.05) is 41.3 Å². The number of carboxylic acids is 1. The highest BCUT2D eigenvalue weighted by Gasteiger charge is 2.24. The Balaban J connectivity index is 1.61. The lowest BCUT2D eigenvalue weighted by atomic mass is 10.0. The van der Waals surface area contributed by atoms with E-state index in [4.69, 9.17) is 44.1 Å². The van der Waals surface area contributed by atoms with E-state index >= 15 is 0 Å². The maximum absolute atomic E-state index is 11.3. The lowest BCUT2D eigenvalue weighted by molar-refractivity contribution is 0.0696. The summed E-state index contributed by atoms with van der Waals surface area (Å²) in [6, 6.07) is 16.0. The number of hydrogen-bond acceptors (Lipinski definition) is 5. The third kappa shape index (κ3) is 5.93. The van der Waals surface area contributed by atoms with Crippen molar-refractivity contribution >= 4 is 46.5 Å². The SMILES string of the molecule is Cc1c(OCc2c(-c3c(Cl)cc(Cl)cc3Cl)noc2C(C)C)cccc1N(C)Cc1cccc(C(=O)O)c1. The largest absolute Gasteiger partial charge is 0.488 e. The van der Waals surface area contributed by atoms with Gasteiger partial charge in [-0.15, -0.1) is 0 Å². The van der Waals surface area contributed by atoms with Gasteiger partial charge in [0.1, 0.15) is 23.8 Å². The average molecular weight is 574 g/mol. The Bertz CT molecular complexity index is 1460. The first-order valence-electron chi connectivity index (χ1n) is 12.0. The van der Waals surface area contributed by atoms with Gasteiger partial charge in [0.05, 0.1) is 21.2 Å². The second-order valence-corrected chi connectivity index (χ2v) is 10.6. The first kappa shape index (κ1) is 27.8. The topological polar surface area (TPSA) is 75.8 Å². The summed E-state index contributed by atoms with van der Waals surface area (Å²) in [6.45, 7) is 6.74. The zero-order valence-electron chi connectivity index (χ0n) is 21.4. The van der Waals surface area contributed by atoms with Crippen molar-refractivity contribution in [2.45, 2.75) is 39.8 Å². The fraction of sp³-hybridized carbons (Fsp3) is 0.241. The first-order valence-corrected chi connectivity index (χ1v) is 13.1. The van der Waals surface area contributed by atoms with Crippen LogP contribution in [0.2, 0.25) is 15.1 Å². The van der Waals surface area contributed by atoms with Crippen LogP contribution in [0.1, 0.15) is 52.6 Å². The van der Waals surface area contributed by atoms with Crippen LogP contribution in [0.25, 0.3) is 11.3 Å². The van der Waals surface area contributed by atoms with E-state index in [1.807, 2.05) is 52.1 Å². The lowest BCUT2D eigenvalue weighted by Crippen LogP contribution is -2.18. The molecule has 1 aromatic heterocycles. The molecule has 0 saturated heterocycles. The molecule has 0 aliphatic rings. The van der Waals surface area contributed by atoms with Gasteiger partial charge in [0.25, 0.3) is 0 Å². The first-order chi connectivity index (χ1) is 18.1. The highest BCUT2D eigenvalue weighted by atomic mass is 35.5. The molecule has 0 aliphatic heterocycles. The molecular weight excluding hydrogens is 547 g/mol. The number of ether oxygens (including phenoxy) is 1. The van der Waals surface area contributed by atoms with Crippen LogP contribution in [-0.2, 0) is 13.2 Å². The number of aromatic carboxylic acids is 1. The summed E-state index contributed by atoms with van der Waals surface area (Å²) in [6.07, 6.45) is 0. The molecule has 198 valence electrons. The Labute approximate surface area is 236 Å². The van der Waals surface area contributed by atoms with Gasteiger partial charge in [0.15, 0.2) is 0 Å². The molecule has 0 radical (unpaired) electrons. The third-order valence-corrected chi connectivity index (χ3v) is 7.03. The predicted molar refractivity (Wildman–Crippen MR) is 152 cm³/mol. The number of halogens is 3. The summed E-state index contributed by atoms with van der Waals surface area (Å²) in [5, 5.41) is 14.8. The highest BCUT2D eigenvalue weighted by Crippen LogP contribution is 2.41. The van der Waals surface area contributed by atoms with Crippen LogP contribution < -0.4 is 9.64 Å². The third-order valence-electron chi connectivity index (χ3n) is 6.22. The van der Waals surface area contributed by atoms with Crippen LogP contribution in [0.3, 0.4) is 0 Å². The van der Waals surface area contributed by atoms with Gasteiger partial charge < -0.3 is 19.3 Å². The van der Waals surface area contributed by atoms with E-state index in [0.29, 0.717) is 44.4 Å². The number of rotatable bonds is 9. The van der Waals surface area contributed by atoms with Crippen molar-refractivity contribution in [1.29, 1.82) is 0 Å². The fourth-order valence-corrected chi connectivity index (χ4v) is 5.36. The number of nitrogens with zero attached hydrogens (tertiary/aromatic N) is 2. The van der Waals surface area contributed by atoms with E-state index in [-0.39, 0.29) is 18.1 Å². The smallest absolute Gasteiger partial charge is 0.335 e. The van der Waals surface area contributed by atoms with E-state index < -0.39 is 5.97 Å². The number of carboxylic acid groups (broad SMARTS) is 1. The van der Waals surface area contributed by atoms with Gasteiger partial charge in [-0.3, -0.25) is 0 Å². The van der Waals surface area contributed by atoms with Crippen molar-refractivity contribution in [2.24, 2.45) is 0 Å². The molecule has 9 heteroatoms. The molecule has 0 saturated carbocycles. The molecule has 1 N–H and O–H groups in total. The lowest BCUT2D eigenvalue weighted by Gasteiger charge is -2.23. The van der Waals surface area contributed by atoms with Gasteiger partial charge in [-0.25, -0.2) is 4.79 Å². The molecule has 4 rings (SSSR count). The summed E-state index contributed by atoms with van der Waals surface area (Å²) in [4.78, 5) is 13.4. The van der Waals surface area contributed by atoms with Crippen molar-refractivity contribution in [3.63, 3.8) is 0 Å². The van der Waals surface area contributed by atoms with Crippen molar-refractivity contribution in [3.8, 4) is 17.0 Å². The molecule has 6 nitrogen and oxygen atoms in total. The number of hydrogen-bond donors (Lipinski definition) is 1. The number of benzene rings is 3. The zero-order valence-corrected chi connectivity index (χ0v) is 23.7. The quantitative estimate of drug-likeness (QED) is 0.216. The molecule has 0 bridgehead atoms. The summed E-state index contributed by atoms with van der Waals surface area (Å²) in [5.41, 5.74) is 4.87. The molecule has 1 heterocycles. The summed E-state index contributed by atoms with van der Waals surface area (Å²) >= 11 is 19.1. The molecule has 0 fully saturated rings. The van der Waals surface area contributed by atoms with Crippen LogP contribution in [0.5, 0.6) is 5.75 Å². The number of carbonyl (C=O) groups is 1. The molecule has 0 unspecified atom stereocenters. The normalized spacial score (nSPS) is 11.2. The average Bonchev–Trinajstić information content (AvgIpc) is 3.26. The van der Waals surface area contributed by atoms with Gasteiger partial charge in [0.2, 0.25) is 0 Å². The molecule has 0 amide bonds. The monoisotopic (exact) mass is 572 g/mol. The van der Waals surface area contributed by atoms with Crippen molar-refractivity contribution in [3.05, 3.63) is 97.7 Å². The molecule has 0 atom stereocenters. The minimum atomic E-state index is -0.948. The summed E-state index contributed by atoms with van der Waals surface area (Å²) in [5.74, 6) is 0.492. The molecule has 0 aliphatic carbocycles. The molecule has 0 spiro atoms. The Morgan fingerprint density at radius 3 is 2.42 bits per heavy atom. The van der Waals surface area contributed by atoms with Crippen LogP contribution in [-0.4, -0.2) is 23.3 Å². The van der Waals surface area contributed by atoms with Gasteiger partial charge in [-0.2, -0.15) is 0 Å². The Morgan fingerprint density at radius 2 is 1.76 bits per heavy atom.